The molecule has 0 aliphatic rings. The van der Waals surface area contributed by atoms with Gasteiger partial charge in [-0.3, -0.25) is 9.59 Å². The second-order valence-electron chi connectivity index (χ2n) is 5.73. The van der Waals surface area contributed by atoms with Gasteiger partial charge in [0, 0.05) is 12.0 Å². The first-order chi connectivity index (χ1) is 13.6. The van der Waals surface area contributed by atoms with Crippen molar-refractivity contribution in [2.24, 2.45) is 0 Å². The number of carbonyl (C=O) groups excluding carboxylic acids is 2. The number of hydrogen-bond acceptors (Lipinski definition) is 8. The molecule has 0 aliphatic carbocycles. The normalized spacial score (nSPS) is 10.4. The molecule has 0 aliphatic heterocycles. The zero-order valence-corrected chi connectivity index (χ0v) is 16.3. The zero-order valence-electron chi connectivity index (χ0n) is 16.3. The van der Waals surface area contributed by atoms with Crippen molar-refractivity contribution in [2.45, 2.75) is 40.2 Å². The second kappa shape index (κ2) is 10.9. The lowest BCUT2D eigenvalue weighted by atomic mass is 10.2. The second-order valence-corrected chi connectivity index (χ2v) is 5.73. The predicted molar refractivity (Wildman–Crippen MR) is 99.2 cm³/mol. The van der Waals surface area contributed by atoms with Gasteiger partial charge in [0.25, 0.3) is 11.8 Å². The Morgan fingerprint density at radius 3 is 2.57 bits per heavy atom. The fourth-order valence-electron chi connectivity index (χ4n) is 2.31. The van der Waals surface area contributed by atoms with Crippen LogP contribution in [0, 0.1) is 0 Å². The van der Waals surface area contributed by atoms with Crippen molar-refractivity contribution < 1.29 is 28.3 Å². The summed E-state index contributed by atoms with van der Waals surface area (Å²) < 4.78 is 21.0. The Balaban J connectivity index is 1.84. The van der Waals surface area contributed by atoms with E-state index in [1.165, 1.54) is 0 Å². The van der Waals surface area contributed by atoms with Crippen LogP contribution >= 0.6 is 0 Å². The Labute approximate surface area is 163 Å². The molecule has 9 nitrogen and oxygen atoms in total. The van der Waals surface area contributed by atoms with Crippen LogP contribution in [0.3, 0.4) is 0 Å². The quantitative estimate of drug-likeness (QED) is 0.581. The minimum Gasteiger partial charge on any atom is -0.490 e. The van der Waals surface area contributed by atoms with Crippen LogP contribution in [0.4, 0.5) is 0 Å². The van der Waals surface area contributed by atoms with E-state index in [9.17, 15) is 9.59 Å². The van der Waals surface area contributed by atoms with Gasteiger partial charge in [-0.05, 0) is 38.5 Å². The van der Waals surface area contributed by atoms with Gasteiger partial charge in [-0.1, -0.05) is 12.1 Å². The van der Waals surface area contributed by atoms with E-state index in [2.05, 4.69) is 15.5 Å². The maximum absolute atomic E-state index is 12.3. The van der Waals surface area contributed by atoms with E-state index >= 15 is 0 Å². The number of aromatic nitrogens is 2. The Hall–Kier alpha value is -3.10. The van der Waals surface area contributed by atoms with Gasteiger partial charge < -0.3 is 24.1 Å². The number of esters is 1. The lowest BCUT2D eigenvalue weighted by Crippen LogP contribution is -2.30. The monoisotopic (exact) mass is 391 g/mol. The molecule has 0 fully saturated rings. The standard InChI is InChI=1S/C19H25N3O6/c1-4-7-16-21-17(28-22-16)12-27-18(23)11-20-19(24)13-8-9-14(25-5-2)15(10-13)26-6-3/h8-10H,4-7,11-12H2,1-3H3,(H,20,24). The molecule has 1 N–H and O–H groups in total. The van der Waals surface area contributed by atoms with Gasteiger partial charge in [0.1, 0.15) is 6.54 Å². The molecule has 1 heterocycles. The average Bonchev–Trinajstić information content (AvgIpc) is 3.14. The number of nitrogens with one attached hydrogen (secondary N) is 1. The van der Waals surface area contributed by atoms with Gasteiger partial charge in [-0.15, -0.1) is 0 Å². The largest absolute Gasteiger partial charge is 0.490 e. The maximum Gasteiger partial charge on any atom is 0.325 e. The Morgan fingerprint density at radius 1 is 1.11 bits per heavy atom. The topological polar surface area (TPSA) is 113 Å². The summed E-state index contributed by atoms with van der Waals surface area (Å²) in [7, 11) is 0. The summed E-state index contributed by atoms with van der Waals surface area (Å²) >= 11 is 0. The summed E-state index contributed by atoms with van der Waals surface area (Å²) in [6, 6.07) is 4.83. The molecule has 28 heavy (non-hydrogen) atoms. The first kappa shape index (κ1) is 21.2. The van der Waals surface area contributed by atoms with E-state index in [4.69, 9.17) is 18.7 Å². The van der Waals surface area contributed by atoms with Crippen LogP contribution in [-0.2, 0) is 22.6 Å². The van der Waals surface area contributed by atoms with Crippen molar-refractivity contribution in [3.8, 4) is 11.5 Å². The highest BCUT2D eigenvalue weighted by Gasteiger charge is 2.14. The number of rotatable bonds is 11. The van der Waals surface area contributed by atoms with E-state index in [1.807, 2.05) is 20.8 Å². The lowest BCUT2D eigenvalue weighted by Gasteiger charge is -2.12. The smallest absolute Gasteiger partial charge is 0.325 e. The molecule has 0 radical (unpaired) electrons. The minimum absolute atomic E-state index is 0.136. The number of nitrogens with zero attached hydrogens (tertiary/aromatic N) is 2. The summed E-state index contributed by atoms with van der Waals surface area (Å²) in [5.41, 5.74) is 0.348. The number of benzene rings is 1. The lowest BCUT2D eigenvalue weighted by molar-refractivity contribution is -0.144. The molecule has 0 saturated carbocycles. The van der Waals surface area contributed by atoms with Gasteiger partial charge in [0.2, 0.25) is 0 Å². The van der Waals surface area contributed by atoms with Crippen LogP contribution in [0.15, 0.2) is 22.7 Å². The van der Waals surface area contributed by atoms with E-state index in [-0.39, 0.29) is 19.0 Å². The third-order valence-electron chi connectivity index (χ3n) is 3.54. The van der Waals surface area contributed by atoms with Crippen molar-refractivity contribution in [2.75, 3.05) is 19.8 Å². The van der Waals surface area contributed by atoms with Gasteiger partial charge in [0.05, 0.1) is 13.2 Å². The summed E-state index contributed by atoms with van der Waals surface area (Å²) in [5.74, 6) is 0.781. The van der Waals surface area contributed by atoms with Gasteiger partial charge in [-0.25, -0.2) is 0 Å². The van der Waals surface area contributed by atoms with Crippen LogP contribution in [0.1, 0.15) is 49.3 Å². The van der Waals surface area contributed by atoms with Crippen LogP contribution in [0.25, 0.3) is 0 Å². The maximum atomic E-state index is 12.3. The summed E-state index contributed by atoms with van der Waals surface area (Å²) in [6.07, 6.45) is 1.58. The van der Waals surface area contributed by atoms with Gasteiger partial charge in [0.15, 0.2) is 23.9 Å². The fourth-order valence-corrected chi connectivity index (χ4v) is 2.31. The van der Waals surface area contributed by atoms with E-state index in [1.54, 1.807) is 18.2 Å². The summed E-state index contributed by atoms with van der Waals surface area (Å²) in [6.45, 7) is 6.20. The van der Waals surface area contributed by atoms with E-state index in [0.29, 0.717) is 42.5 Å². The first-order valence-electron chi connectivity index (χ1n) is 9.22. The van der Waals surface area contributed by atoms with Gasteiger partial charge >= 0.3 is 5.97 Å². The molecule has 1 amide bonds. The van der Waals surface area contributed by atoms with Crippen molar-refractivity contribution in [3.63, 3.8) is 0 Å². The Kier molecular flexibility index (Phi) is 8.26. The highest BCUT2D eigenvalue weighted by molar-refractivity contribution is 5.96. The molecule has 9 heteroatoms. The third kappa shape index (κ3) is 6.26. The summed E-state index contributed by atoms with van der Waals surface area (Å²) in [4.78, 5) is 28.2. The van der Waals surface area contributed by atoms with Crippen molar-refractivity contribution in [1.82, 2.24) is 15.5 Å². The first-order valence-corrected chi connectivity index (χ1v) is 9.22. The molecule has 0 bridgehead atoms. The molecule has 1 aromatic carbocycles. The molecule has 2 rings (SSSR count). The van der Waals surface area contributed by atoms with Crippen molar-refractivity contribution in [3.05, 3.63) is 35.5 Å². The number of carbonyl (C=O) groups is 2. The molecular weight excluding hydrogens is 366 g/mol. The van der Waals surface area contributed by atoms with Crippen molar-refractivity contribution in [1.29, 1.82) is 0 Å². The zero-order chi connectivity index (χ0) is 20.4. The Bertz CT molecular complexity index is 790. The fraction of sp³-hybridized carbons (Fsp3) is 0.474. The van der Waals surface area contributed by atoms with E-state index in [0.717, 1.165) is 6.42 Å². The van der Waals surface area contributed by atoms with Crippen LogP contribution < -0.4 is 14.8 Å². The van der Waals surface area contributed by atoms with Crippen LogP contribution in [0.5, 0.6) is 11.5 Å². The van der Waals surface area contributed by atoms with Crippen LogP contribution in [-0.4, -0.2) is 41.8 Å². The minimum atomic E-state index is -0.612. The Morgan fingerprint density at radius 2 is 1.86 bits per heavy atom. The third-order valence-corrected chi connectivity index (χ3v) is 3.54. The number of aryl methyl sites for hydroxylation is 1. The van der Waals surface area contributed by atoms with Crippen molar-refractivity contribution >= 4 is 11.9 Å². The highest BCUT2D eigenvalue weighted by Crippen LogP contribution is 2.28. The molecular formula is C19H25N3O6. The molecule has 0 spiro atoms. The predicted octanol–water partition coefficient (Wildman–Crippen LogP) is 2.29. The molecule has 0 saturated heterocycles. The molecule has 2 aromatic rings. The van der Waals surface area contributed by atoms with E-state index < -0.39 is 11.9 Å². The number of hydrogen-bond donors (Lipinski definition) is 1. The molecule has 152 valence electrons. The summed E-state index contributed by atoms with van der Waals surface area (Å²) in [5, 5.41) is 6.28. The molecule has 0 atom stereocenters. The molecule has 0 unspecified atom stereocenters. The average molecular weight is 391 g/mol. The number of ether oxygens (including phenoxy) is 3. The van der Waals surface area contributed by atoms with Crippen LogP contribution in [0.2, 0.25) is 0 Å². The SMILES string of the molecule is CCCc1noc(COC(=O)CNC(=O)c2ccc(OCC)c(OCC)c2)n1. The highest BCUT2D eigenvalue weighted by atomic mass is 16.6. The van der Waals surface area contributed by atoms with Gasteiger partial charge in [-0.2, -0.15) is 4.98 Å². The number of amides is 1. The molecule has 1 aromatic heterocycles.